The lowest BCUT2D eigenvalue weighted by Crippen LogP contribution is -2.23. The molecule has 0 aromatic carbocycles. The molecule has 0 aliphatic carbocycles. The number of halogens is 2. The second kappa shape index (κ2) is 10.4. The lowest BCUT2D eigenvalue weighted by atomic mass is 10.2. The zero-order valence-corrected chi connectivity index (χ0v) is 15.5. The summed E-state index contributed by atoms with van der Waals surface area (Å²) in [5.41, 5.74) is 1.89. The summed E-state index contributed by atoms with van der Waals surface area (Å²) in [6.07, 6.45) is 2.64. The molecule has 0 spiro atoms. The van der Waals surface area contributed by atoms with Crippen LogP contribution in [0.15, 0.2) is 30.6 Å². The van der Waals surface area contributed by atoms with E-state index in [-0.39, 0.29) is 18.3 Å². The molecule has 2 aromatic rings. The predicted molar refractivity (Wildman–Crippen MR) is 99.3 cm³/mol. The number of carbonyl (C=O) groups excluding carboxylic acids is 1. The van der Waals surface area contributed by atoms with E-state index in [2.05, 4.69) is 27.5 Å². The van der Waals surface area contributed by atoms with Crippen molar-refractivity contribution in [2.45, 2.75) is 39.7 Å². The van der Waals surface area contributed by atoms with E-state index in [4.69, 9.17) is 4.74 Å². The van der Waals surface area contributed by atoms with Gasteiger partial charge in [-0.2, -0.15) is 0 Å². The third kappa shape index (κ3) is 6.80. The Bertz CT molecular complexity index is 756. The van der Waals surface area contributed by atoms with Crippen molar-refractivity contribution < 1.29 is 18.3 Å². The van der Waals surface area contributed by atoms with Gasteiger partial charge in [0.1, 0.15) is 5.82 Å². The fourth-order valence-corrected chi connectivity index (χ4v) is 2.36. The van der Waals surface area contributed by atoms with Gasteiger partial charge in [0, 0.05) is 36.6 Å². The van der Waals surface area contributed by atoms with Crippen LogP contribution in [-0.4, -0.2) is 35.5 Å². The van der Waals surface area contributed by atoms with Gasteiger partial charge in [0.15, 0.2) is 6.61 Å². The standard InChI is InChI=1S/C19H24F2N4O2/c1-3-4-6-22-17-9-15(5-7-23-17)18(26)24-10-14-8-13(2)19(25-11-14)27-12-16(20)21/h5,7-9,11,16H,3-4,6,10,12H2,1-2H3,(H,22,23)(H,24,26). The number of anilines is 1. The number of nitrogens with one attached hydrogen (secondary N) is 2. The summed E-state index contributed by atoms with van der Waals surface area (Å²) in [6, 6.07) is 5.10. The van der Waals surface area contributed by atoms with Crippen molar-refractivity contribution in [2.24, 2.45) is 0 Å². The van der Waals surface area contributed by atoms with Crippen LogP contribution in [-0.2, 0) is 6.54 Å². The highest BCUT2D eigenvalue weighted by Gasteiger charge is 2.10. The number of unbranched alkanes of at least 4 members (excludes halogenated alkanes) is 1. The van der Waals surface area contributed by atoms with E-state index in [9.17, 15) is 13.6 Å². The fraction of sp³-hybridized carbons (Fsp3) is 0.421. The number of aromatic nitrogens is 2. The molecule has 0 aliphatic heterocycles. The Labute approximate surface area is 157 Å². The molecule has 1 amide bonds. The minimum Gasteiger partial charge on any atom is -0.471 e. The van der Waals surface area contributed by atoms with Gasteiger partial charge in [-0.3, -0.25) is 4.79 Å². The van der Waals surface area contributed by atoms with Crippen molar-refractivity contribution in [3.8, 4) is 5.88 Å². The summed E-state index contributed by atoms with van der Waals surface area (Å²) in [6.45, 7) is 4.20. The van der Waals surface area contributed by atoms with Gasteiger partial charge in [-0.1, -0.05) is 13.3 Å². The molecule has 0 unspecified atom stereocenters. The molecule has 27 heavy (non-hydrogen) atoms. The minimum absolute atomic E-state index is 0.169. The summed E-state index contributed by atoms with van der Waals surface area (Å²) in [5, 5.41) is 5.99. The van der Waals surface area contributed by atoms with Crippen LogP contribution in [0.2, 0.25) is 0 Å². The topological polar surface area (TPSA) is 76.1 Å². The van der Waals surface area contributed by atoms with Gasteiger partial charge in [0.2, 0.25) is 5.88 Å². The highest BCUT2D eigenvalue weighted by Crippen LogP contribution is 2.16. The molecule has 0 saturated heterocycles. The minimum atomic E-state index is -2.55. The third-order valence-electron chi connectivity index (χ3n) is 3.74. The normalized spacial score (nSPS) is 10.7. The maximum Gasteiger partial charge on any atom is 0.272 e. The van der Waals surface area contributed by atoms with Gasteiger partial charge in [0.05, 0.1) is 0 Å². The van der Waals surface area contributed by atoms with Crippen LogP contribution in [0.4, 0.5) is 14.6 Å². The molecule has 0 bridgehead atoms. The highest BCUT2D eigenvalue weighted by molar-refractivity contribution is 5.94. The molecule has 2 N–H and O–H groups in total. The lowest BCUT2D eigenvalue weighted by Gasteiger charge is -2.10. The number of alkyl halides is 2. The monoisotopic (exact) mass is 378 g/mol. The first-order valence-corrected chi connectivity index (χ1v) is 8.84. The maximum absolute atomic E-state index is 12.3. The summed E-state index contributed by atoms with van der Waals surface area (Å²) < 4.78 is 29.4. The first kappa shape index (κ1) is 20.5. The summed E-state index contributed by atoms with van der Waals surface area (Å²) in [7, 11) is 0. The predicted octanol–water partition coefficient (Wildman–Crippen LogP) is 3.57. The Morgan fingerprint density at radius 1 is 1.30 bits per heavy atom. The first-order valence-electron chi connectivity index (χ1n) is 8.84. The number of rotatable bonds is 10. The number of ether oxygens (including phenoxy) is 1. The van der Waals surface area contributed by atoms with Gasteiger partial charge >= 0.3 is 0 Å². The highest BCUT2D eigenvalue weighted by atomic mass is 19.3. The van der Waals surface area contributed by atoms with E-state index in [0.29, 0.717) is 16.9 Å². The largest absolute Gasteiger partial charge is 0.471 e. The Morgan fingerprint density at radius 2 is 2.11 bits per heavy atom. The molecule has 2 heterocycles. The van der Waals surface area contributed by atoms with Crippen LogP contribution < -0.4 is 15.4 Å². The fourth-order valence-electron chi connectivity index (χ4n) is 2.36. The molecule has 0 atom stereocenters. The van der Waals surface area contributed by atoms with E-state index in [1.54, 1.807) is 31.3 Å². The number of amides is 1. The number of hydrogen-bond acceptors (Lipinski definition) is 5. The molecule has 0 radical (unpaired) electrons. The van der Waals surface area contributed by atoms with E-state index < -0.39 is 13.0 Å². The SMILES string of the molecule is CCCCNc1cc(C(=O)NCc2cnc(OCC(F)F)c(C)c2)ccn1. The van der Waals surface area contributed by atoms with Gasteiger partial charge < -0.3 is 15.4 Å². The maximum atomic E-state index is 12.3. The number of pyridine rings is 2. The average molecular weight is 378 g/mol. The smallest absolute Gasteiger partial charge is 0.272 e. The summed E-state index contributed by atoms with van der Waals surface area (Å²) in [4.78, 5) is 20.6. The number of nitrogens with zero attached hydrogens (tertiary/aromatic N) is 2. The van der Waals surface area contributed by atoms with Crippen LogP contribution in [0, 0.1) is 6.92 Å². The number of carbonyl (C=O) groups is 1. The molecule has 8 heteroatoms. The Hall–Kier alpha value is -2.77. The quantitative estimate of drug-likeness (QED) is 0.618. The molecular weight excluding hydrogens is 354 g/mol. The molecule has 0 saturated carbocycles. The van der Waals surface area contributed by atoms with E-state index in [1.165, 1.54) is 6.20 Å². The van der Waals surface area contributed by atoms with Crippen molar-refractivity contribution in [1.82, 2.24) is 15.3 Å². The van der Waals surface area contributed by atoms with Crippen LogP contribution in [0.25, 0.3) is 0 Å². The zero-order chi connectivity index (χ0) is 19.6. The van der Waals surface area contributed by atoms with Crippen LogP contribution >= 0.6 is 0 Å². The molecule has 146 valence electrons. The summed E-state index contributed by atoms with van der Waals surface area (Å²) in [5.74, 6) is 0.600. The Balaban J connectivity index is 1.91. The average Bonchev–Trinajstić information content (AvgIpc) is 2.65. The van der Waals surface area contributed by atoms with Gasteiger partial charge in [-0.25, -0.2) is 18.7 Å². The molecule has 2 aromatic heterocycles. The third-order valence-corrected chi connectivity index (χ3v) is 3.74. The van der Waals surface area contributed by atoms with Gasteiger partial charge in [0.25, 0.3) is 12.3 Å². The molecule has 6 nitrogen and oxygen atoms in total. The van der Waals surface area contributed by atoms with Crippen molar-refractivity contribution in [3.63, 3.8) is 0 Å². The van der Waals surface area contributed by atoms with Gasteiger partial charge in [-0.05, 0) is 37.1 Å². The van der Waals surface area contributed by atoms with Crippen molar-refractivity contribution in [1.29, 1.82) is 0 Å². The van der Waals surface area contributed by atoms with Crippen LogP contribution in [0.5, 0.6) is 5.88 Å². The van der Waals surface area contributed by atoms with Crippen molar-refractivity contribution in [2.75, 3.05) is 18.5 Å². The molecular formula is C19H24F2N4O2. The second-order valence-electron chi connectivity index (χ2n) is 6.06. The number of hydrogen-bond donors (Lipinski definition) is 2. The van der Waals surface area contributed by atoms with E-state index in [1.807, 2.05) is 0 Å². The molecule has 0 fully saturated rings. The Morgan fingerprint density at radius 3 is 2.81 bits per heavy atom. The molecule has 0 aliphatic rings. The summed E-state index contributed by atoms with van der Waals surface area (Å²) >= 11 is 0. The first-order chi connectivity index (χ1) is 13.0. The van der Waals surface area contributed by atoms with Crippen molar-refractivity contribution >= 4 is 11.7 Å². The van der Waals surface area contributed by atoms with E-state index >= 15 is 0 Å². The lowest BCUT2D eigenvalue weighted by molar-refractivity contribution is 0.0792. The van der Waals surface area contributed by atoms with Gasteiger partial charge in [-0.15, -0.1) is 0 Å². The zero-order valence-electron chi connectivity index (χ0n) is 15.5. The molecule has 2 rings (SSSR count). The van der Waals surface area contributed by atoms with E-state index in [0.717, 1.165) is 24.9 Å². The number of aryl methyl sites for hydroxylation is 1. The van der Waals surface area contributed by atoms with Crippen LogP contribution in [0.3, 0.4) is 0 Å². The Kier molecular flexibility index (Phi) is 7.91. The second-order valence-corrected chi connectivity index (χ2v) is 6.06. The van der Waals surface area contributed by atoms with Crippen molar-refractivity contribution in [3.05, 3.63) is 47.3 Å². The van der Waals surface area contributed by atoms with Crippen LogP contribution in [0.1, 0.15) is 41.3 Å².